The molecule has 0 aromatic rings. The van der Waals surface area contributed by atoms with Crippen molar-refractivity contribution < 1.29 is 14.3 Å². The maximum Gasteiger partial charge on any atom is 0.145 e. The molecule has 0 amide bonds. The summed E-state index contributed by atoms with van der Waals surface area (Å²) in [5.74, 6) is 0. The molecule has 0 bridgehead atoms. The smallest absolute Gasteiger partial charge is 0.145 e. The number of aldehydes is 1. The van der Waals surface area contributed by atoms with Gasteiger partial charge in [-0.3, -0.25) is 0 Å². The molecule has 0 aromatic heterocycles. The summed E-state index contributed by atoms with van der Waals surface area (Å²) < 4.78 is 10.3. The Morgan fingerprint density at radius 1 is 0.867 bits per heavy atom. The van der Waals surface area contributed by atoms with Crippen LogP contribution in [0.25, 0.3) is 0 Å². The molecular weight excluding hydrogens is 192 g/mol. The number of hydrogen-bond donors (Lipinski definition) is 0. The van der Waals surface area contributed by atoms with E-state index in [-0.39, 0.29) is 6.61 Å². The van der Waals surface area contributed by atoms with E-state index in [1.54, 1.807) is 0 Å². The molecule has 3 heteroatoms. The molecule has 0 saturated carbocycles. The molecule has 90 valence electrons. The molecule has 0 aliphatic carbocycles. The maximum atomic E-state index is 9.90. The van der Waals surface area contributed by atoms with Crippen LogP contribution in [0.3, 0.4) is 0 Å². The predicted octanol–water partition coefficient (Wildman–Crippen LogP) is 2.58. The van der Waals surface area contributed by atoms with E-state index in [0.29, 0.717) is 13.2 Å². The first-order chi connectivity index (χ1) is 7.41. The highest BCUT2D eigenvalue weighted by atomic mass is 16.5. The quantitative estimate of drug-likeness (QED) is 0.371. The number of rotatable bonds is 12. The number of hydrogen-bond acceptors (Lipinski definition) is 3. The molecular formula is C12H24O3. The van der Waals surface area contributed by atoms with E-state index < -0.39 is 0 Å². The second kappa shape index (κ2) is 13.6. The zero-order valence-corrected chi connectivity index (χ0v) is 9.87. The van der Waals surface area contributed by atoms with E-state index in [2.05, 4.69) is 6.92 Å². The van der Waals surface area contributed by atoms with Gasteiger partial charge in [0.15, 0.2) is 0 Å². The Kier molecular flexibility index (Phi) is 13.2. The Balaban J connectivity index is 2.83. The predicted molar refractivity (Wildman–Crippen MR) is 61.1 cm³/mol. The fourth-order valence-corrected chi connectivity index (χ4v) is 1.34. The second-order valence-electron chi connectivity index (χ2n) is 3.62. The van der Waals surface area contributed by atoms with Crippen molar-refractivity contribution in [2.45, 2.75) is 45.4 Å². The van der Waals surface area contributed by atoms with Gasteiger partial charge in [-0.1, -0.05) is 39.0 Å². The van der Waals surface area contributed by atoms with Crippen LogP contribution in [0.4, 0.5) is 0 Å². The molecule has 0 atom stereocenters. The van der Waals surface area contributed by atoms with E-state index in [1.807, 2.05) is 0 Å². The third-order valence-corrected chi connectivity index (χ3v) is 2.20. The second-order valence-corrected chi connectivity index (χ2v) is 3.62. The zero-order valence-electron chi connectivity index (χ0n) is 9.87. The number of carbonyl (C=O) groups is 1. The molecule has 0 aliphatic heterocycles. The number of unbranched alkanes of at least 4 members (excludes halogenated alkanes) is 5. The van der Waals surface area contributed by atoms with Gasteiger partial charge in [0.2, 0.25) is 0 Å². The standard InChI is InChI=1S/C12H24O3/c1-2-3-4-5-6-7-9-14-11-12-15-10-8-13/h8H,2-7,9-12H2,1H3. The first kappa shape index (κ1) is 14.6. The Morgan fingerprint density at radius 3 is 2.27 bits per heavy atom. The van der Waals surface area contributed by atoms with E-state index in [9.17, 15) is 4.79 Å². The van der Waals surface area contributed by atoms with Gasteiger partial charge in [0.25, 0.3) is 0 Å². The molecule has 0 heterocycles. The third kappa shape index (κ3) is 13.6. The summed E-state index contributed by atoms with van der Waals surface area (Å²) in [6.07, 6.45) is 8.46. The topological polar surface area (TPSA) is 35.5 Å². The van der Waals surface area contributed by atoms with Crippen molar-refractivity contribution in [3.8, 4) is 0 Å². The third-order valence-electron chi connectivity index (χ3n) is 2.20. The Bertz CT molecular complexity index is 126. The van der Waals surface area contributed by atoms with Crippen molar-refractivity contribution in [3.05, 3.63) is 0 Å². The van der Waals surface area contributed by atoms with Gasteiger partial charge in [-0.2, -0.15) is 0 Å². The monoisotopic (exact) mass is 216 g/mol. The van der Waals surface area contributed by atoms with Crippen LogP contribution in [-0.4, -0.2) is 32.7 Å². The van der Waals surface area contributed by atoms with Gasteiger partial charge < -0.3 is 14.3 Å². The lowest BCUT2D eigenvalue weighted by atomic mass is 10.1. The Hall–Kier alpha value is -0.410. The average molecular weight is 216 g/mol. The van der Waals surface area contributed by atoms with Crippen LogP contribution in [0, 0.1) is 0 Å². The van der Waals surface area contributed by atoms with E-state index in [0.717, 1.165) is 19.3 Å². The highest BCUT2D eigenvalue weighted by molar-refractivity contribution is 5.50. The molecule has 3 nitrogen and oxygen atoms in total. The maximum absolute atomic E-state index is 9.90. The van der Waals surface area contributed by atoms with Crippen molar-refractivity contribution >= 4 is 6.29 Å². The molecule has 0 rings (SSSR count). The minimum absolute atomic E-state index is 0.181. The molecule has 0 fully saturated rings. The van der Waals surface area contributed by atoms with Gasteiger partial charge in [0.1, 0.15) is 12.9 Å². The van der Waals surface area contributed by atoms with Crippen molar-refractivity contribution in [1.29, 1.82) is 0 Å². The van der Waals surface area contributed by atoms with Gasteiger partial charge in [0.05, 0.1) is 13.2 Å². The average Bonchev–Trinajstić information content (AvgIpc) is 2.26. The van der Waals surface area contributed by atoms with Crippen LogP contribution in [0.1, 0.15) is 45.4 Å². The lowest BCUT2D eigenvalue weighted by molar-refractivity contribution is -0.112. The van der Waals surface area contributed by atoms with Crippen LogP contribution in [0.5, 0.6) is 0 Å². The van der Waals surface area contributed by atoms with Crippen molar-refractivity contribution in [1.82, 2.24) is 0 Å². The highest BCUT2D eigenvalue weighted by Crippen LogP contribution is 2.04. The summed E-state index contributed by atoms with van der Waals surface area (Å²) >= 11 is 0. The lowest BCUT2D eigenvalue weighted by Crippen LogP contribution is -2.06. The normalized spacial score (nSPS) is 10.5. The fourth-order valence-electron chi connectivity index (χ4n) is 1.34. The zero-order chi connectivity index (χ0) is 11.2. The summed E-state index contributed by atoms with van der Waals surface area (Å²) in [5, 5.41) is 0. The first-order valence-electron chi connectivity index (χ1n) is 6.01. The van der Waals surface area contributed by atoms with Crippen molar-refractivity contribution in [3.63, 3.8) is 0 Å². The number of ether oxygens (including phenoxy) is 2. The van der Waals surface area contributed by atoms with Crippen LogP contribution in [0.2, 0.25) is 0 Å². The largest absolute Gasteiger partial charge is 0.379 e. The van der Waals surface area contributed by atoms with E-state index in [4.69, 9.17) is 9.47 Å². The first-order valence-corrected chi connectivity index (χ1v) is 6.01. The summed E-state index contributed by atoms with van der Waals surface area (Å²) in [4.78, 5) is 9.90. The van der Waals surface area contributed by atoms with Crippen LogP contribution < -0.4 is 0 Å². The summed E-state index contributed by atoms with van der Waals surface area (Å²) in [6, 6.07) is 0. The van der Waals surface area contributed by atoms with Crippen molar-refractivity contribution in [2.75, 3.05) is 26.4 Å². The summed E-state index contributed by atoms with van der Waals surface area (Å²) in [7, 11) is 0. The van der Waals surface area contributed by atoms with Gasteiger partial charge in [-0.05, 0) is 6.42 Å². The van der Waals surface area contributed by atoms with Crippen LogP contribution in [0.15, 0.2) is 0 Å². The Labute approximate surface area is 93.1 Å². The summed E-state index contributed by atoms with van der Waals surface area (Å²) in [6.45, 7) is 4.34. The molecule has 15 heavy (non-hydrogen) atoms. The van der Waals surface area contributed by atoms with E-state index in [1.165, 1.54) is 32.1 Å². The minimum Gasteiger partial charge on any atom is -0.379 e. The van der Waals surface area contributed by atoms with Gasteiger partial charge in [-0.15, -0.1) is 0 Å². The molecule has 0 N–H and O–H groups in total. The molecule has 0 aliphatic rings. The lowest BCUT2D eigenvalue weighted by Gasteiger charge is -2.03. The number of carbonyl (C=O) groups excluding carboxylic acids is 1. The van der Waals surface area contributed by atoms with Crippen molar-refractivity contribution in [2.24, 2.45) is 0 Å². The minimum atomic E-state index is 0.181. The molecule has 0 radical (unpaired) electrons. The van der Waals surface area contributed by atoms with Crippen LogP contribution >= 0.6 is 0 Å². The SMILES string of the molecule is CCCCCCCCOCCOCC=O. The van der Waals surface area contributed by atoms with Gasteiger partial charge >= 0.3 is 0 Å². The summed E-state index contributed by atoms with van der Waals surface area (Å²) in [5.41, 5.74) is 0. The van der Waals surface area contributed by atoms with E-state index >= 15 is 0 Å². The highest BCUT2D eigenvalue weighted by Gasteiger charge is 1.91. The van der Waals surface area contributed by atoms with Gasteiger partial charge in [0, 0.05) is 6.61 Å². The fraction of sp³-hybridized carbons (Fsp3) is 0.917. The molecule has 0 aromatic carbocycles. The molecule has 0 saturated heterocycles. The Morgan fingerprint density at radius 2 is 1.53 bits per heavy atom. The molecule has 0 unspecified atom stereocenters. The van der Waals surface area contributed by atoms with Crippen LogP contribution in [-0.2, 0) is 14.3 Å². The van der Waals surface area contributed by atoms with Gasteiger partial charge in [-0.25, -0.2) is 0 Å². The molecule has 0 spiro atoms.